The van der Waals surface area contributed by atoms with Crippen molar-refractivity contribution in [2.75, 3.05) is 23.7 Å². The van der Waals surface area contributed by atoms with E-state index in [-0.39, 0.29) is 11.9 Å². The normalized spacial score (nSPS) is 14.8. The van der Waals surface area contributed by atoms with E-state index in [0.717, 1.165) is 31.1 Å². The molecule has 3 N–H and O–H groups in total. The highest BCUT2D eigenvalue weighted by Crippen LogP contribution is 2.28. The molecule has 0 atom stereocenters. The van der Waals surface area contributed by atoms with Crippen molar-refractivity contribution in [3.63, 3.8) is 0 Å². The highest BCUT2D eigenvalue weighted by Gasteiger charge is 2.21. The summed E-state index contributed by atoms with van der Waals surface area (Å²) >= 11 is 1.37. The Morgan fingerprint density at radius 3 is 2.68 bits per heavy atom. The van der Waals surface area contributed by atoms with Crippen LogP contribution in [0, 0.1) is 0 Å². The van der Waals surface area contributed by atoms with Gasteiger partial charge in [0.1, 0.15) is 10.7 Å². The minimum atomic E-state index is -0.109. The van der Waals surface area contributed by atoms with Gasteiger partial charge in [-0.05, 0) is 26.7 Å². The number of nitrogens with one attached hydrogen (secondary N) is 1. The van der Waals surface area contributed by atoms with Gasteiger partial charge in [0.05, 0.1) is 0 Å². The Labute approximate surface area is 117 Å². The van der Waals surface area contributed by atoms with Crippen LogP contribution in [-0.2, 0) is 0 Å². The number of anilines is 2. The lowest BCUT2D eigenvalue weighted by Gasteiger charge is -2.16. The number of thiazole rings is 1. The fraction of sp³-hybridized carbons (Fsp3) is 0.538. The maximum absolute atomic E-state index is 12.2. The molecule has 2 rings (SSSR count). The molecule has 1 aromatic heterocycles. The molecule has 0 aliphatic heterocycles. The van der Waals surface area contributed by atoms with Crippen LogP contribution in [0.25, 0.3) is 0 Å². The van der Waals surface area contributed by atoms with Crippen molar-refractivity contribution in [1.82, 2.24) is 10.3 Å². The lowest BCUT2D eigenvalue weighted by molar-refractivity contribution is 0.0944. The molecule has 1 aromatic rings. The summed E-state index contributed by atoms with van der Waals surface area (Å²) in [6.45, 7) is 5.84. The van der Waals surface area contributed by atoms with E-state index < -0.39 is 0 Å². The predicted octanol–water partition coefficient (Wildman–Crippen LogP) is 2.02. The van der Waals surface area contributed by atoms with E-state index in [1.54, 1.807) is 0 Å². The molecule has 1 aliphatic carbocycles. The van der Waals surface area contributed by atoms with Gasteiger partial charge < -0.3 is 16.0 Å². The second kappa shape index (κ2) is 6.06. The molecule has 0 spiro atoms. The highest BCUT2D eigenvalue weighted by atomic mass is 32.1. The molecule has 0 aromatic carbocycles. The Balaban J connectivity index is 2.08. The van der Waals surface area contributed by atoms with Crippen LogP contribution in [0.1, 0.15) is 36.4 Å². The first-order chi connectivity index (χ1) is 9.15. The Morgan fingerprint density at radius 1 is 1.47 bits per heavy atom. The van der Waals surface area contributed by atoms with E-state index in [2.05, 4.69) is 41.2 Å². The van der Waals surface area contributed by atoms with Crippen molar-refractivity contribution in [3.05, 3.63) is 17.0 Å². The number of nitrogen functional groups attached to an aromatic ring is 1. The van der Waals surface area contributed by atoms with Crippen LogP contribution < -0.4 is 16.0 Å². The lowest BCUT2D eigenvalue weighted by atomic mass is 10.2. The van der Waals surface area contributed by atoms with Crippen LogP contribution in [0.5, 0.6) is 0 Å². The van der Waals surface area contributed by atoms with Gasteiger partial charge in [-0.1, -0.05) is 23.5 Å². The molecule has 5 nitrogen and oxygen atoms in total. The first kappa shape index (κ1) is 13.9. The Morgan fingerprint density at radius 2 is 2.11 bits per heavy atom. The molecule has 0 unspecified atom stereocenters. The number of rotatable bonds is 5. The molecule has 0 fully saturated rings. The number of hydrogen-bond acceptors (Lipinski definition) is 5. The molecule has 1 heterocycles. The van der Waals surface area contributed by atoms with Gasteiger partial charge in [0.15, 0.2) is 5.13 Å². The van der Waals surface area contributed by atoms with Crippen molar-refractivity contribution in [2.45, 2.75) is 32.7 Å². The average Bonchev–Trinajstić information content (AvgIpc) is 3.01. The lowest BCUT2D eigenvalue weighted by Crippen LogP contribution is -2.32. The first-order valence-electron chi connectivity index (χ1n) is 6.62. The molecule has 6 heteroatoms. The summed E-state index contributed by atoms with van der Waals surface area (Å²) in [4.78, 5) is 19.1. The quantitative estimate of drug-likeness (QED) is 0.809. The highest BCUT2D eigenvalue weighted by molar-refractivity contribution is 7.18. The Hall–Kier alpha value is -1.56. The number of carbonyl (C=O) groups excluding carboxylic acids is 1. The number of hydrogen-bond donors (Lipinski definition) is 2. The summed E-state index contributed by atoms with van der Waals surface area (Å²) in [5.74, 6) is 0.220. The van der Waals surface area contributed by atoms with Gasteiger partial charge in [-0.15, -0.1) is 0 Å². The number of aromatic nitrogens is 1. The largest absolute Gasteiger partial charge is 0.382 e. The average molecular weight is 280 g/mol. The fourth-order valence-electron chi connectivity index (χ4n) is 2.10. The second-order valence-corrected chi connectivity index (χ2v) is 5.47. The number of carbonyl (C=O) groups is 1. The third-order valence-electron chi connectivity index (χ3n) is 3.23. The van der Waals surface area contributed by atoms with Gasteiger partial charge in [-0.25, -0.2) is 4.98 Å². The van der Waals surface area contributed by atoms with Gasteiger partial charge in [-0.3, -0.25) is 4.79 Å². The summed E-state index contributed by atoms with van der Waals surface area (Å²) < 4.78 is 0. The van der Waals surface area contributed by atoms with Crippen LogP contribution in [-0.4, -0.2) is 30.0 Å². The minimum absolute atomic E-state index is 0.109. The Bertz CT molecular complexity index is 471. The van der Waals surface area contributed by atoms with Crippen LogP contribution in [0.4, 0.5) is 10.9 Å². The van der Waals surface area contributed by atoms with Crippen LogP contribution >= 0.6 is 11.3 Å². The van der Waals surface area contributed by atoms with Gasteiger partial charge in [-0.2, -0.15) is 0 Å². The molecule has 0 radical (unpaired) electrons. The molecule has 0 bridgehead atoms. The van der Waals surface area contributed by atoms with E-state index in [0.29, 0.717) is 10.7 Å². The van der Waals surface area contributed by atoms with Gasteiger partial charge in [0.25, 0.3) is 5.91 Å². The fourth-order valence-corrected chi connectivity index (χ4v) is 3.11. The van der Waals surface area contributed by atoms with E-state index in [1.807, 2.05) is 0 Å². The number of amides is 1. The van der Waals surface area contributed by atoms with Crippen molar-refractivity contribution in [1.29, 1.82) is 0 Å². The first-order valence-corrected chi connectivity index (χ1v) is 7.44. The maximum atomic E-state index is 12.2. The SMILES string of the molecule is CCN(CC)c1nc(N)c(C(=O)NC2CC=CC2)s1. The predicted molar refractivity (Wildman–Crippen MR) is 79.7 cm³/mol. The second-order valence-electron chi connectivity index (χ2n) is 4.50. The summed E-state index contributed by atoms with van der Waals surface area (Å²) in [5, 5.41) is 3.81. The van der Waals surface area contributed by atoms with E-state index in [4.69, 9.17) is 5.73 Å². The summed E-state index contributed by atoms with van der Waals surface area (Å²) in [6.07, 6.45) is 5.96. The zero-order valence-electron chi connectivity index (χ0n) is 11.3. The topological polar surface area (TPSA) is 71.2 Å². The monoisotopic (exact) mass is 280 g/mol. The standard InChI is InChI=1S/C13H20N4OS/c1-3-17(4-2)13-16-11(14)10(19-13)12(18)15-9-7-5-6-8-9/h5-6,9H,3-4,7-8,14H2,1-2H3,(H,15,18). The third-order valence-corrected chi connectivity index (χ3v) is 4.36. The van der Waals surface area contributed by atoms with Crippen molar-refractivity contribution in [2.24, 2.45) is 0 Å². The van der Waals surface area contributed by atoms with E-state index >= 15 is 0 Å². The molecular formula is C13H20N4OS. The zero-order valence-corrected chi connectivity index (χ0v) is 12.2. The molecular weight excluding hydrogens is 260 g/mol. The van der Waals surface area contributed by atoms with Crippen LogP contribution in [0.3, 0.4) is 0 Å². The van der Waals surface area contributed by atoms with Crippen molar-refractivity contribution >= 4 is 28.2 Å². The summed E-state index contributed by atoms with van der Waals surface area (Å²) in [7, 11) is 0. The molecule has 1 amide bonds. The van der Waals surface area contributed by atoms with E-state index in [1.165, 1.54) is 11.3 Å². The maximum Gasteiger partial charge on any atom is 0.265 e. The van der Waals surface area contributed by atoms with Gasteiger partial charge in [0.2, 0.25) is 0 Å². The molecule has 0 saturated carbocycles. The minimum Gasteiger partial charge on any atom is -0.382 e. The summed E-state index contributed by atoms with van der Waals surface area (Å²) in [6, 6.07) is 0.200. The Kier molecular flexibility index (Phi) is 4.42. The van der Waals surface area contributed by atoms with Crippen LogP contribution in [0.2, 0.25) is 0 Å². The number of nitrogens with zero attached hydrogens (tertiary/aromatic N) is 2. The zero-order chi connectivity index (χ0) is 13.8. The van der Waals surface area contributed by atoms with Crippen molar-refractivity contribution in [3.8, 4) is 0 Å². The smallest absolute Gasteiger partial charge is 0.265 e. The molecule has 1 aliphatic rings. The van der Waals surface area contributed by atoms with E-state index in [9.17, 15) is 4.79 Å². The summed E-state index contributed by atoms with van der Waals surface area (Å²) in [5.41, 5.74) is 5.86. The molecule has 0 saturated heterocycles. The van der Waals surface area contributed by atoms with Crippen molar-refractivity contribution < 1.29 is 4.79 Å². The van der Waals surface area contributed by atoms with Gasteiger partial charge >= 0.3 is 0 Å². The molecule has 104 valence electrons. The van der Waals surface area contributed by atoms with Crippen LogP contribution in [0.15, 0.2) is 12.2 Å². The third kappa shape index (κ3) is 3.07. The number of nitrogens with two attached hydrogens (primary N) is 1. The molecule has 19 heavy (non-hydrogen) atoms. The van der Waals surface area contributed by atoms with Gasteiger partial charge in [0, 0.05) is 19.1 Å².